The summed E-state index contributed by atoms with van der Waals surface area (Å²) in [4.78, 5) is 26.0. The lowest BCUT2D eigenvalue weighted by Crippen LogP contribution is -2.37. The molecule has 6 rings (SSSR count). The first-order valence-corrected chi connectivity index (χ1v) is 14.1. The average molecular weight is 545 g/mol. The van der Waals surface area contributed by atoms with E-state index in [9.17, 15) is 4.79 Å². The number of rotatable bonds is 6. The summed E-state index contributed by atoms with van der Waals surface area (Å²) in [6.45, 7) is 6.61. The molecule has 1 aromatic heterocycles. The zero-order chi connectivity index (χ0) is 26.9. The maximum absolute atomic E-state index is 12.1. The van der Waals surface area contributed by atoms with Gasteiger partial charge in [0, 0.05) is 53.0 Å². The number of hydrogen-bond acceptors (Lipinski definition) is 6. The van der Waals surface area contributed by atoms with Gasteiger partial charge >= 0.3 is 6.01 Å². The van der Waals surface area contributed by atoms with Crippen LogP contribution in [0.25, 0.3) is 16.5 Å². The molecule has 4 heterocycles. The zero-order valence-electron chi connectivity index (χ0n) is 22.2. The molecule has 1 atom stereocenters. The van der Waals surface area contributed by atoms with Crippen LogP contribution in [0.15, 0.2) is 55.1 Å². The summed E-state index contributed by atoms with van der Waals surface area (Å²) in [5.74, 6) is 1.45. The number of amides is 1. The van der Waals surface area contributed by atoms with E-state index in [-0.39, 0.29) is 11.8 Å². The van der Waals surface area contributed by atoms with Gasteiger partial charge in [0.05, 0.1) is 5.69 Å². The third-order valence-electron chi connectivity index (χ3n) is 8.24. The van der Waals surface area contributed by atoms with Gasteiger partial charge < -0.3 is 19.3 Å². The fourth-order valence-electron chi connectivity index (χ4n) is 6.01. The molecular formula is C31H33ClN4O3. The van der Waals surface area contributed by atoms with Crippen LogP contribution in [0.3, 0.4) is 0 Å². The molecular weight excluding hydrogens is 512 g/mol. The van der Waals surface area contributed by atoms with Crippen LogP contribution >= 0.6 is 11.6 Å². The monoisotopic (exact) mass is 544 g/mol. The fraction of sp³-hybridized carbons (Fsp3) is 0.387. The van der Waals surface area contributed by atoms with Crippen molar-refractivity contribution in [2.75, 3.05) is 33.3 Å². The Morgan fingerprint density at radius 3 is 2.69 bits per heavy atom. The molecule has 0 spiro atoms. The number of piperidine rings is 1. The van der Waals surface area contributed by atoms with Crippen molar-refractivity contribution in [1.29, 1.82) is 0 Å². The Bertz CT molecular complexity index is 1440. The van der Waals surface area contributed by atoms with Crippen molar-refractivity contribution in [1.82, 2.24) is 19.8 Å². The highest BCUT2D eigenvalue weighted by atomic mass is 35.5. The summed E-state index contributed by atoms with van der Waals surface area (Å²) in [6.07, 6.45) is 8.06. The van der Waals surface area contributed by atoms with E-state index < -0.39 is 0 Å². The molecule has 3 aliphatic heterocycles. The largest absolute Gasteiger partial charge is 0.462 e. The number of benzene rings is 2. The van der Waals surface area contributed by atoms with Crippen LogP contribution in [-0.4, -0.2) is 65.0 Å². The third-order valence-corrected chi connectivity index (χ3v) is 8.56. The van der Waals surface area contributed by atoms with E-state index in [1.165, 1.54) is 12.5 Å². The van der Waals surface area contributed by atoms with E-state index in [2.05, 4.69) is 36.7 Å². The van der Waals surface area contributed by atoms with E-state index in [1.807, 2.05) is 29.2 Å². The Morgan fingerprint density at radius 2 is 1.95 bits per heavy atom. The lowest BCUT2D eigenvalue weighted by molar-refractivity contribution is -0.127. The minimum atomic E-state index is -0.0208. The molecule has 1 unspecified atom stereocenters. The maximum atomic E-state index is 12.1. The predicted molar refractivity (Wildman–Crippen MR) is 153 cm³/mol. The number of carbonyl (C=O) groups is 1. The van der Waals surface area contributed by atoms with Gasteiger partial charge in [-0.25, -0.2) is 0 Å². The minimum Gasteiger partial charge on any atom is -0.462 e. The van der Waals surface area contributed by atoms with Gasteiger partial charge in [-0.1, -0.05) is 48.5 Å². The van der Waals surface area contributed by atoms with Gasteiger partial charge in [-0.3, -0.25) is 4.79 Å². The molecule has 3 aliphatic rings. The number of nitrogens with zero attached hydrogens (tertiary/aromatic N) is 4. The van der Waals surface area contributed by atoms with Crippen LogP contribution in [0.2, 0.25) is 5.02 Å². The van der Waals surface area contributed by atoms with Crippen LogP contribution in [0, 0.1) is 0 Å². The number of allylic oxidation sites excluding steroid dienone is 1. The fourth-order valence-corrected chi connectivity index (χ4v) is 6.29. The van der Waals surface area contributed by atoms with E-state index in [0.717, 1.165) is 59.2 Å². The van der Waals surface area contributed by atoms with Crippen molar-refractivity contribution in [3.8, 4) is 11.9 Å². The summed E-state index contributed by atoms with van der Waals surface area (Å²) >= 11 is 6.63. The minimum absolute atomic E-state index is 0.0208. The molecule has 1 amide bonds. The first-order valence-electron chi connectivity index (χ1n) is 13.7. The number of likely N-dealkylation sites (tertiary alicyclic amines) is 2. The molecule has 39 heavy (non-hydrogen) atoms. The molecule has 0 saturated carbocycles. The third kappa shape index (κ3) is 5.13. The molecule has 2 aromatic carbocycles. The Balaban J connectivity index is 1.32. The predicted octanol–water partition coefficient (Wildman–Crippen LogP) is 5.62. The van der Waals surface area contributed by atoms with Crippen LogP contribution < -0.4 is 9.47 Å². The second-order valence-electron chi connectivity index (χ2n) is 10.6. The number of likely N-dealkylation sites (N-methyl/N-ethyl adjacent to an activating group) is 1. The zero-order valence-corrected chi connectivity index (χ0v) is 23.0. The van der Waals surface area contributed by atoms with Crippen molar-refractivity contribution >= 4 is 34.0 Å². The van der Waals surface area contributed by atoms with Gasteiger partial charge in [0.15, 0.2) is 0 Å². The molecule has 8 heteroatoms. The summed E-state index contributed by atoms with van der Waals surface area (Å²) < 4.78 is 12.7. The van der Waals surface area contributed by atoms with Gasteiger partial charge in [0.2, 0.25) is 11.8 Å². The second-order valence-corrected chi connectivity index (χ2v) is 11.0. The van der Waals surface area contributed by atoms with Gasteiger partial charge in [-0.2, -0.15) is 9.97 Å². The highest BCUT2D eigenvalue weighted by Crippen LogP contribution is 2.40. The molecule has 3 aromatic rings. The second kappa shape index (κ2) is 11.0. The number of hydrogen-bond donors (Lipinski definition) is 0. The first kappa shape index (κ1) is 25.8. The molecule has 0 aliphatic carbocycles. The van der Waals surface area contributed by atoms with Gasteiger partial charge in [-0.15, -0.1) is 0 Å². The van der Waals surface area contributed by atoms with Crippen LogP contribution in [-0.2, 0) is 11.2 Å². The van der Waals surface area contributed by atoms with Crippen molar-refractivity contribution in [3.63, 3.8) is 0 Å². The average Bonchev–Trinajstić information content (AvgIpc) is 3.39. The molecule has 2 fully saturated rings. The lowest BCUT2D eigenvalue weighted by Gasteiger charge is -2.32. The molecule has 0 bridgehead atoms. The van der Waals surface area contributed by atoms with E-state index in [0.29, 0.717) is 49.1 Å². The van der Waals surface area contributed by atoms with Gasteiger partial charge in [0.25, 0.3) is 0 Å². The Kier molecular flexibility index (Phi) is 7.28. The maximum Gasteiger partial charge on any atom is 0.320 e. The number of fused-ring (bicyclic) bond motifs is 2. The summed E-state index contributed by atoms with van der Waals surface area (Å²) in [5, 5.41) is 2.71. The normalized spacial score (nSPS) is 19.9. The molecule has 2 saturated heterocycles. The molecule has 7 nitrogen and oxygen atoms in total. The van der Waals surface area contributed by atoms with Crippen LogP contribution in [0.4, 0.5) is 0 Å². The number of aromatic nitrogens is 2. The van der Waals surface area contributed by atoms with Crippen molar-refractivity contribution in [2.45, 2.75) is 44.1 Å². The van der Waals surface area contributed by atoms with Crippen LogP contribution in [0.1, 0.15) is 48.4 Å². The molecule has 202 valence electrons. The van der Waals surface area contributed by atoms with E-state index in [4.69, 9.17) is 31.0 Å². The summed E-state index contributed by atoms with van der Waals surface area (Å²) in [5.41, 5.74) is 2.89. The number of halogens is 1. The first-order chi connectivity index (χ1) is 19.0. The Hall–Kier alpha value is -3.42. The van der Waals surface area contributed by atoms with Gasteiger partial charge in [-0.05, 0) is 62.9 Å². The standard InChI is InChI=1S/C31H33ClN4O3/c1-3-27(37)36-17-14-21(15-18-36)29-24-12-13-26(23-10-4-7-20-8-5-11-25(32)28(20)23)39-30(24)34-31(33-29)38-19-22-9-6-16-35(22)2/h3-5,7-8,10-11,13,21-22H,1,6,9,12,14-19H2,2H3. The van der Waals surface area contributed by atoms with Crippen molar-refractivity contribution in [2.24, 2.45) is 0 Å². The highest BCUT2D eigenvalue weighted by Gasteiger charge is 2.31. The van der Waals surface area contributed by atoms with E-state index >= 15 is 0 Å². The van der Waals surface area contributed by atoms with Crippen LogP contribution in [0.5, 0.6) is 11.9 Å². The molecule has 0 radical (unpaired) electrons. The smallest absolute Gasteiger partial charge is 0.320 e. The quantitative estimate of drug-likeness (QED) is 0.375. The Morgan fingerprint density at radius 1 is 1.15 bits per heavy atom. The van der Waals surface area contributed by atoms with Gasteiger partial charge in [0.1, 0.15) is 12.4 Å². The molecule has 0 N–H and O–H groups in total. The number of carbonyl (C=O) groups excluding carboxylic acids is 1. The lowest BCUT2D eigenvalue weighted by atomic mass is 9.89. The summed E-state index contributed by atoms with van der Waals surface area (Å²) in [7, 11) is 2.13. The SMILES string of the molecule is C=CC(=O)N1CCC(c2nc(OCC3CCCN3C)nc3c2CC=C(c2cccc4cccc(Cl)c24)O3)CC1. The van der Waals surface area contributed by atoms with Crippen molar-refractivity contribution in [3.05, 3.63) is 77.0 Å². The van der Waals surface area contributed by atoms with Crippen molar-refractivity contribution < 1.29 is 14.3 Å². The number of ether oxygens (including phenoxy) is 2. The summed E-state index contributed by atoms with van der Waals surface area (Å²) in [6, 6.07) is 12.7. The topological polar surface area (TPSA) is 67.8 Å². The van der Waals surface area contributed by atoms with E-state index in [1.54, 1.807) is 0 Å². The Labute approximate surface area is 234 Å². The highest BCUT2D eigenvalue weighted by molar-refractivity contribution is 6.36.